The molecule has 0 spiro atoms. The van der Waals surface area contributed by atoms with Gasteiger partial charge >= 0.3 is 0 Å². The lowest BCUT2D eigenvalue weighted by molar-refractivity contribution is -0.118. The molecule has 0 unspecified atom stereocenters. The molecule has 1 amide bonds. The van der Waals surface area contributed by atoms with Gasteiger partial charge in [-0.3, -0.25) is 9.69 Å². The number of carbonyl (C=O) groups excluding carboxylic acids is 1. The van der Waals surface area contributed by atoms with Crippen LogP contribution in [0.25, 0.3) is 11.3 Å². The van der Waals surface area contributed by atoms with Crippen LogP contribution >= 0.6 is 11.8 Å². The number of unbranched alkanes of at least 4 members (excludes halogenated alkanes) is 1. The van der Waals surface area contributed by atoms with E-state index in [0.717, 1.165) is 41.7 Å². The number of rotatable bonds is 8. The summed E-state index contributed by atoms with van der Waals surface area (Å²) in [6.45, 7) is 8.22. The molecule has 1 aliphatic heterocycles. The number of ether oxygens (including phenoxy) is 2. The van der Waals surface area contributed by atoms with E-state index < -0.39 is 6.23 Å². The summed E-state index contributed by atoms with van der Waals surface area (Å²) in [5.41, 5.74) is 3.90. The van der Waals surface area contributed by atoms with Gasteiger partial charge in [0.05, 0.1) is 17.9 Å². The summed E-state index contributed by atoms with van der Waals surface area (Å²) in [6, 6.07) is 13.7. The van der Waals surface area contributed by atoms with E-state index in [9.17, 15) is 4.79 Å². The molecule has 7 nitrogen and oxygen atoms in total. The van der Waals surface area contributed by atoms with Crippen LogP contribution < -0.4 is 14.4 Å². The number of aryl methyl sites for hydroxylation is 1. The van der Waals surface area contributed by atoms with Crippen LogP contribution in [0.5, 0.6) is 11.6 Å². The first kappa shape index (κ1) is 24.0. The maximum atomic E-state index is 13.1. The maximum Gasteiger partial charge on any atom is 0.247 e. The Morgan fingerprint density at radius 3 is 2.71 bits per heavy atom. The van der Waals surface area contributed by atoms with Gasteiger partial charge in [-0.25, -0.2) is 0 Å². The van der Waals surface area contributed by atoms with Crippen molar-refractivity contribution in [2.45, 2.75) is 58.3 Å². The minimum Gasteiger partial charge on any atom is -0.493 e. The normalized spacial score (nSPS) is 14.6. The number of nitrogens with zero attached hydrogens (tertiary/aromatic N) is 4. The fourth-order valence-corrected chi connectivity index (χ4v) is 4.78. The summed E-state index contributed by atoms with van der Waals surface area (Å²) in [4.78, 5) is 19.4. The van der Waals surface area contributed by atoms with E-state index in [0.29, 0.717) is 34.8 Å². The van der Waals surface area contributed by atoms with Crippen molar-refractivity contribution in [1.29, 1.82) is 0 Å². The first-order valence-corrected chi connectivity index (χ1v) is 12.7. The van der Waals surface area contributed by atoms with Gasteiger partial charge < -0.3 is 9.47 Å². The molecule has 1 aliphatic rings. The lowest BCUT2D eigenvalue weighted by Gasteiger charge is -2.31. The lowest BCUT2D eigenvalue weighted by Crippen LogP contribution is -2.36. The van der Waals surface area contributed by atoms with Crippen molar-refractivity contribution in [3.63, 3.8) is 0 Å². The number of carbonyl (C=O) groups is 1. The van der Waals surface area contributed by atoms with Crippen LogP contribution in [0.1, 0.15) is 57.9 Å². The molecule has 0 aliphatic carbocycles. The van der Waals surface area contributed by atoms with Crippen molar-refractivity contribution < 1.29 is 14.3 Å². The Labute approximate surface area is 204 Å². The Hall–Kier alpha value is -3.13. The van der Waals surface area contributed by atoms with Crippen LogP contribution in [0.4, 0.5) is 5.69 Å². The second kappa shape index (κ2) is 10.9. The molecule has 34 heavy (non-hydrogen) atoms. The third kappa shape index (κ3) is 4.87. The zero-order valence-electron chi connectivity index (χ0n) is 20.1. The topological polar surface area (TPSA) is 77.4 Å². The van der Waals surface area contributed by atoms with Crippen molar-refractivity contribution in [3.05, 3.63) is 53.6 Å². The van der Waals surface area contributed by atoms with E-state index in [1.54, 1.807) is 16.7 Å². The molecule has 0 saturated carbocycles. The molecule has 8 heteroatoms. The number of para-hydroxylation sites is 1. The van der Waals surface area contributed by atoms with Gasteiger partial charge in [0.15, 0.2) is 5.69 Å². The van der Waals surface area contributed by atoms with Gasteiger partial charge in [-0.15, -0.1) is 10.2 Å². The molecule has 2 heterocycles. The van der Waals surface area contributed by atoms with Crippen LogP contribution in [-0.2, 0) is 11.2 Å². The molecule has 0 saturated heterocycles. The molecule has 3 aromatic rings. The Bertz CT molecular complexity index is 1170. The predicted molar refractivity (Wildman–Crippen MR) is 134 cm³/mol. The highest BCUT2D eigenvalue weighted by Gasteiger charge is 2.36. The van der Waals surface area contributed by atoms with Gasteiger partial charge in [-0.05, 0) is 49.6 Å². The molecule has 0 N–H and O–H groups in total. The first-order valence-electron chi connectivity index (χ1n) is 11.8. The number of amides is 1. The SMILES string of the molecule is CCCCSc1nnc2c(n1)O[C@H](c1ccccc1OCC)N(C(C)=O)c1ccc(CC)cc1-2. The van der Waals surface area contributed by atoms with Crippen molar-refractivity contribution in [1.82, 2.24) is 15.2 Å². The molecular weight excluding hydrogens is 448 g/mol. The van der Waals surface area contributed by atoms with E-state index in [-0.39, 0.29) is 5.91 Å². The van der Waals surface area contributed by atoms with Gasteiger partial charge in [-0.2, -0.15) is 4.98 Å². The highest BCUT2D eigenvalue weighted by molar-refractivity contribution is 7.99. The largest absolute Gasteiger partial charge is 0.493 e. The summed E-state index contributed by atoms with van der Waals surface area (Å²) < 4.78 is 12.4. The van der Waals surface area contributed by atoms with E-state index in [1.807, 2.05) is 49.4 Å². The van der Waals surface area contributed by atoms with Crippen LogP contribution in [0, 0.1) is 0 Å². The van der Waals surface area contributed by atoms with E-state index in [4.69, 9.17) is 14.5 Å². The van der Waals surface area contributed by atoms with Crippen molar-refractivity contribution in [2.24, 2.45) is 0 Å². The first-order chi connectivity index (χ1) is 16.6. The number of benzene rings is 2. The molecular formula is C26H30N4O3S. The maximum absolute atomic E-state index is 13.1. The number of anilines is 1. The molecule has 1 atom stereocenters. The fraction of sp³-hybridized carbons (Fsp3) is 0.385. The Balaban J connectivity index is 1.91. The number of hydrogen-bond donors (Lipinski definition) is 0. The Kier molecular flexibility index (Phi) is 7.67. The molecule has 0 fully saturated rings. The average Bonchev–Trinajstić information content (AvgIpc) is 2.98. The number of aromatic nitrogens is 3. The summed E-state index contributed by atoms with van der Waals surface area (Å²) >= 11 is 1.56. The van der Waals surface area contributed by atoms with Gasteiger partial charge in [0.2, 0.25) is 23.2 Å². The molecule has 0 radical (unpaired) electrons. The Morgan fingerprint density at radius 2 is 1.97 bits per heavy atom. The highest BCUT2D eigenvalue weighted by Crippen LogP contribution is 2.45. The number of thioether (sulfide) groups is 1. The van der Waals surface area contributed by atoms with E-state index >= 15 is 0 Å². The Morgan fingerprint density at radius 1 is 1.15 bits per heavy atom. The van der Waals surface area contributed by atoms with Crippen molar-refractivity contribution >= 4 is 23.4 Å². The monoisotopic (exact) mass is 478 g/mol. The van der Waals surface area contributed by atoms with Crippen molar-refractivity contribution in [3.8, 4) is 22.9 Å². The van der Waals surface area contributed by atoms with E-state index in [1.165, 1.54) is 6.92 Å². The molecule has 178 valence electrons. The quantitative estimate of drug-likeness (QED) is 0.297. The minimum atomic E-state index is -0.766. The fourth-order valence-electron chi connectivity index (χ4n) is 3.91. The zero-order chi connectivity index (χ0) is 24.1. The zero-order valence-corrected chi connectivity index (χ0v) is 20.9. The van der Waals surface area contributed by atoms with Gasteiger partial charge in [-0.1, -0.05) is 50.2 Å². The third-order valence-corrected chi connectivity index (χ3v) is 6.55. The second-order valence-electron chi connectivity index (χ2n) is 7.99. The van der Waals surface area contributed by atoms with Crippen LogP contribution in [0.3, 0.4) is 0 Å². The van der Waals surface area contributed by atoms with Crippen LogP contribution in [0.15, 0.2) is 47.6 Å². The molecule has 2 aromatic carbocycles. The van der Waals surface area contributed by atoms with Crippen LogP contribution in [0.2, 0.25) is 0 Å². The standard InChI is InChI=1S/C26H30N4O3S/c1-5-8-15-34-26-27-24-23(28-29-26)20-16-18(6-2)13-14-21(20)30(17(4)31)25(33-24)19-11-9-10-12-22(19)32-7-3/h9-14,16,25H,5-8,15H2,1-4H3/t25-/m1/s1. The molecule has 1 aromatic heterocycles. The minimum absolute atomic E-state index is 0.153. The predicted octanol–water partition coefficient (Wildman–Crippen LogP) is 5.84. The lowest BCUT2D eigenvalue weighted by atomic mass is 10.0. The van der Waals surface area contributed by atoms with Gasteiger partial charge in [0.1, 0.15) is 5.75 Å². The van der Waals surface area contributed by atoms with E-state index in [2.05, 4.69) is 24.0 Å². The molecule has 0 bridgehead atoms. The number of hydrogen-bond acceptors (Lipinski definition) is 7. The van der Waals surface area contributed by atoms with Crippen molar-refractivity contribution in [2.75, 3.05) is 17.3 Å². The number of fused-ring (bicyclic) bond motifs is 3. The van der Waals surface area contributed by atoms with Gasteiger partial charge in [0, 0.05) is 18.2 Å². The third-order valence-electron chi connectivity index (χ3n) is 5.63. The summed E-state index contributed by atoms with van der Waals surface area (Å²) in [5.74, 6) is 1.78. The summed E-state index contributed by atoms with van der Waals surface area (Å²) in [6.07, 6.45) is 2.25. The van der Waals surface area contributed by atoms with Gasteiger partial charge in [0.25, 0.3) is 0 Å². The second-order valence-corrected chi connectivity index (χ2v) is 9.05. The highest BCUT2D eigenvalue weighted by atomic mass is 32.2. The summed E-state index contributed by atoms with van der Waals surface area (Å²) in [5, 5.41) is 9.46. The average molecular weight is 479 g/mol. The molecule has 4 rings (SSSR count). The smallest absolute Gasteiger partial charge is 0.247 e. The van der Waals surface area contributed by atoms with Crippen LogP contribution in [-0.4, -0.2) is 33.4 Å². The summed E-state index contributed by atoms with van der Waals surface area (Å²) in [7, 11) is 0.